The van der Waals surface area contributed by atoms with Crippen molar-refractivity contribution in [1.29, 1.82) is 0 Å². The summed E-state index contributed by atoms with van der Waals surface area (Å²) < 4.78 is 23.8. The molecule has 2 aromatic carbocycles. The van der Waals surface area contributed by atoms with Gasteiger partial charge in [0.05, 0.1) is 18.4 Å². The molecule has 0 aliphatic heterocycles. The van der Waals surface area contributed by atoms with Gasteiger partial charge in [0.1, 0.15) is 17.3 Å². The van der Waals surface area contributed by atoms with Gasteiger partial charge < -0.3 is 14.8 Å². The second-order valence-corrected chi connectivity index (χ2v) is 4.92. The Morgan fingerprint density at radius 1 is 1.30 bits per heavy atom. The van der Waals surface area contributed by atoms with Crippen LogP contribution in [0.1, 0.15) is 10.4 Å². The molecular formula is C16H13ClFNO4. The van der Waals surface area contributed by atoms with Gasteiger partial charge in [0.15, 0.2) is 12.9 Å². The highest BCUT2D eigenvalue weighted by Crippen LogP contribution is 2.23. The molecule has 0 aliphatic carbocycles. The zero-order valence-corrected chi connectivity index (χ0v) is 12.9. The average molecular weight is 338 g/mol. The normalized spacial score (nSPS) is 10.0. The molecule has 23 heavy (non-hydrogen) atoms. The Bertz CT molecular complexity index is 736. The molecule has 1 N–H and O–H groups in total. The van der Waals surface area contributed by atoms with Gasteiger partial charge in [0, 0.05) is 5.02 Å². The maximum absolute atomic E-state index is 13.5. The third-order valence-electron chi connectivity index (χ3n) is 2.91. The molecule has 0 fully saturated rings. The van der Waals surface area contributed by atoms with Crippen molar-refractivity contribution in [3.05, 3.63) is 52.8 Å². The largest absolute Gasteiger partial charge is 0.497 e. The van der Waals surface area contributed by atoms with E-state index in [4.69, 9.17) is 21.1 Å². The summed E-state index contributed by atoms with van der Waals surface area (Å²) in [6.45, 7) is -0.390. The molecule has 2 rings (SSSR count). The molecule has 0 heterocycles. The number of benzene rings is 2. The second-order valence-electron chi connectivity index (χ2n) is 4.48. The van der Waals surface area contributed by atoms with Crippen LogP contribution < -0.4 is 14.8 Å². The van der Waals surface area contributed by atoms with E-state index in [1.54, 1.807) is 6.07 Å². The Labute approximate surface area is 137 Å². The van der Waals surface area contributed by atoms with Crippen LogP contribution in [0.4, 0.5) is 10.1 Å². The highest BCUT2D eigenvalue weighted by atomic mass is 35.5. The Hall–Kier alpha value is -2.60. The monoisotopic (exact) mass is 337 g/mol. The summed E-state index contributed by atoms with van der Waals surface area (Å²) in [6, 6.07) is 8.39. The number of nitrogens with one attached hydrogen (secondary N) is 1. The zero-order valence-electron chi connectivity index (χ0n) is 12.1. The number of hydrogen-bond donors (Lipinski definition) is 1. The third-order valence-corrected chi connectivity index (χ3v) is 3.14. The lowest BCUT2D eigenvalue weighted by Crippen LogP contribution is -2.21. The van der Waals surface area contributed by atoms with Gasteiger partial charge in [-0.1, -0.05) is 11.6 Å². The molecule has 0 aromatic heterocycles. The van der Waals surface area contributed by atoms with Crippen LogP contribution in [0.3, 0.4) is 0 Å². The van der Waals surface area contributed by atoms with Crippen molar-refractivity contribution in [3.63, 3.8) is 0 Å². The number of methoxy groups -OCH3 is 1. The van der Waals surface area contributed by atoms with Crippen LogP contribution in [0.15, 0.2) is 36.4 Å². The van der Waals surface area contributed by atoms with Gasteiger partial charge in [0.2, 0.25) is 0 Å². The van der Waals surface area contributed by atoms with Gasteiger partial charge in [-0.25, -0.2) is 4.39 Å². The maximum Gasteiger partial charge on any atom is 0.262 e. The topological polar surface area (TPSA) is 64.6 Å². The minimum absolute atomic E-state index is 0.0450. The fraction of sp³-hybridized carbons (Fsp3) is 0.125. The first-order valence-corrected chi connectivity index (χ1v) is 6.92. The van der Waals surface area contributed by atoms with Crippen LogP contribution in [0.25, 0.3) is 0 Å². The number of carbonyl (C=O) groups excluding carboxylic acids is 2. The number of carbonyl (C=O) groups is 2. The Morgan fingerprint density at radius 2 is 2.09 bits per heavy atom. The summed E-state index contributed by atoms with van der Waals surface area (Å²) in [5.74, 6) is -0.480. The molecule has 0 radical (unpaired) electrons. The van der Waals surface area contributed by atoms with E-state index >= 15 is 0 Å². The van der Waals surface area contributed by atoms with Gasteiger partial charge in [-0.3, -0.25) is 9.59 Å². The lowest BCUT2D eigenvalue weighted by molar-refractivity contribution is -0.118. The lowest BCUT2D eigenvalue weighted by atomic mass is 10.2. The minimum Gasteiger partial charge on any atom is -0.497 e. The number of aldehydes is 1. The molecule has 0 aliphatic rings. The maximum atomic E-state index is 13.5. The van der Waals surface area contributed by atoms with E-state index in [0.29, 0.717) is 17.1 Å². The molecule has 5 nitrogen and oxygen atoms in total. The first-order valence-electron chi connectivity index (χ1n) is 6.54. The predicted molar refractivity (Wildman–Crippen MR) is 83.9 cm³/mol. The Morgan fingerprint density at radius 3 is 2.78 bits per heavy atom. The summed E-state index contributed by atoms with van der Waals surface area (Å²) in [4.78, 5) is 22.8. The quantitative estimate of drug-likeness (QED) is 0.821. The van der Waals surface area contributed by atoms with Crippen LogP contribution in [-0.4, -0.2) is 25.9 Å². The lowest BCUT2D eigenvalue weighted by Gasteiger charge is -2.10. The number of halogens is 2. The first-order chi connectivity index (χ1) is 11.0. The molecule has 0 unspecified atom stereocenters. The van der Waals surface area contributed by atoms with Gasteiger partial charge in [-0.2, -0.15) is 0 Å². The molecule has 0 bridgehead atoms. The Balaban J connectivity index is 2.02. The molecule has 0 saturated heterocycles. The van der Waals surface area contributed by atoms with E-state index in [1.807, 2.05) is 0 Å². The highest BCUT2D eigenvalue weighted by molar-refractivity contribution is 6.30. The number of rotatable bonds is 6. The van der Waals surface area contributed by atoms with Crippen molar-refractivity contribution < 1.29 is 23.5 Å². The summed E-state index contributed by atoms with van der Waals surface area (Å²) in [6.07, 6.45) is 0.590. The van der Waals surface area contributed by atoms with Crippen LogP contribution in [0, 0.1) is 5.82 Å². The van der Waals surface area contributed by atoms with Crippen molar-refractivity contribution in [1.82, 2.24) is 0 Å². The van der Waals surface area contributed by atoms with Crippen molar-refractivity contribution in [2.24, 2.45) is 0 Å². The second kappa shape index (κ2) is 7.60. The number of anilines is 1. The molecule has 1 amide bonds. The van der Waals surface area contributed by atoms with Crippen LogP contribution >= 0.6 is 11.6 Å². The predicted octanol–water partition coefficient (Wildman–Crippen LogP) is 3.32. The summed E-state index contributed by atoms with van der Waals surface area (Å²) in [7, 11) is 1.47. The van der Waals surface area contributed by atoms with E-state index in [0.717, 1.165) is 6.07 Å². The summed E-state index contributed by atoms with van der Waals surface area (Å²) in [5.41, 5.74) is 0.197. The number of amides is 1. The van der Waals surface area contributed by atoms with Crippen molar-refractivity contribution in [3.8, 4) is 11.5 Å². The minimum atomic E-state index is -0.610. The fourth-order valence-corrected chi connectivity index (χ4v) is 1.97. The number of hydrogen-bond acceptors (Lipinski definition) is 4. The summed E-state index contributed by atoms with van der Waals surface area (Å²) >= 11 is 5.74. The molecule has 0 saturated carbocycles. The van der Waals surface area contributed by atoms with E-state index in [9.17, 15) is 14.0 Å². The SMILES string of the molecule is COc1ccc(OCC(=O)Nc2cc(Cl)ccc2F)c(C=O)c1. The Kier molecular flexibility index (Phi) is 5.54. The van der Waals surface area contributed by atoms with Gasteiger partial charge in [-0.15, -0.1) is 0 Å². The first kappa shape index (κ1) is 16.8. The molecule has 120 valence electrons. The molecule has 2 aromatic rings. The van der Waals surface area contributed by atoms with Crippen LogP contribution in [-0.2, 0) is 4.79 Å². The van der Waals surface area contributed by atoms with Crippen LogP contribution in [0.5, 0.6) is 11.5 Å². The van der Waals surface area contributed by atoms with Crippen molar-refractivity contribution >= 4 is 29.5 Å². The van der Waals surface area contributed by atoms with E-state index < -0.39 is 11.7 Å². The number of ether oxygens (including phenoxy) is 2. The highest BCUT2D eigenvalue weighted by Gasteiger charge is 2.10. The van der Waals surface area contributed by atoms with Crippen molar-refractivity contribution in [2.75, 3.05) is 19.0 Å². The van der Waals surface area contributed by atoms with E-state index in [-0.39, 0.29) is 23.6 Å². The van der Waals surface area contributed by atoms with E-state index in [1.165, 1.54) is 31.4 Å². The fourth-order valence-electron chi connectivity index (χ4n) is 1.80. The third kappa shape index (κ3) is 4.43. The van der Waals surface area contributed by atoms with E-state index in [2.05, 4.69) is 5.32 Å². The van der Waals surface area contributed by atoms with Gasteiger partial charge in [0.25, 0.3) is 5.91 Å². The average Bonchev–Trinajstić information content (AvgIpc) is 2.56. The molecule has 7 heteroatoms. The standard InChI is InChI=1S/C16H13ClFNO4/c1-22-12-3-5-15(10(6-12)8-20)23-9-16(21)19-14-7-11(17)2-4-13(14)18/h2-8H,9H2,1H3,(H,19,21). The van der Waals surface area contributed by atoms with Gasteiger partial charge >= 0.3 is 0 Å². The molecule has 0 spiro atoms. The molecule has 0 atom stereocenters. The summed E-state index contributed by atoms with van der Waals surface area (Å²) in [5, 5.41) is 2.64. The van der Waals surface area contributed by atoms with Crippen LogP contribution in [0.2, 0.25) is 5.02 Å². The molecular weight excluding hydrogens is 325 g/mol. The zero-order chi connectivity index (χ0) is 16.8. The van der Waals surface area contributed by atoms with Crippen molar-refractivity contribution in [2.45, 2.75) is 0 Å². The smallest absolute Gasteiger partial charge is 0.262 e. The van der Waals surface area contributed by atoms with Gasteiger partial charge in [-0.05, 0) is 36.4 Å².